The zero-order chi connectivity index (χ0) is 24.6. The minimum Gasteiger partial charge on any atom is -0.478 e. The molecule has 5 rings (SSSR count). The van der Waals surface area contributed by atoms with E-state index in [2.05, 4.69) is 20.4 Å². The van der Waals surface area contributed by atoms with Gasteiger partial charge in [0.05, 0.1) is 12.0 Å². The molecule has 4 aromatic rings. The summed E-state index contributed by atoms with van der Waals surface area (Å²) in [6, 6.07) is 11.9. The van der Waals surface area contributed by atoms with E-state index in [1.54, 1.807) is 56.3 Å². The Hall–Kier alpha value is -3.85. The van der Waals surface area contributed by atoms with Crippen molar-refractivity contribution in [1.82, 2.24) is 19.7 Å². The molecule has 0 unspecified atom stereocenters. The van der Waals surface area contributed by atoms with Gasteiger partial charge in [0.15, 0.2) is 11.4 Å². The van der Waals surface area contributed by atoms with Gasteiger partial charge in [-0.1, -0.05) is 11.6 Å². The standard InChI is InChI=1S/C25H24ClN5O4/c1-25(2,35-16-11-9-15(26)10-12-16)23(33)28-21-14-19(20-8-5-13-34-20)30-31(21)24-27-18-7-4-3-6-17(18)22(32)29-24/h5,8-14H,3-4,6-7H2,1-2H3,(H,28,33)(H,27,29,32). The number of furan rings is 1. The summed E-state index contributed by atoms with van der Waals surface area (Å²) in [6.45, 7) is 3.31. The fraction of sp³-hybridized carbons (Fsp3) is 0.280. The molecule has 0 fully saturated rings. The molecular formula is C25H24ClN5O4. The number of nitrogens with zero attached hydrogens (tertiary/aromatic N) is 3. The number of carbonyl (C=O) groups excluding carboxylic acids is 1. The smallest absolute Gasteiger partial charge is 0.269 e. The summed E-state index contributed by atoms with van der Waals surface area (Å²) in [5.74, 6) is 1.13. The molecule has 1 amide bonds. The molecule has 0 radical (unpaired) electrons. The van der Waals surface area contributed by atoms with Crippen LogP contribution in [0.5, 0.6) is 5.75 Å². The van der Waals surface area contributed by atoms with Crippen LogP contribution in [-0.4, -0.2) is 31.3 Å². The fourth-order valence-corrected chi connectivity index (χ4v) is 4.10. The maximum absolute atomic E-state index is 13.3. The minimum absolute atomic E-state index is 0.191. The number of nitrogens with one attached hydrogen (secondary N) is 2. The third-order valence-corrected chi connectivity index (χ3v) is 6.09. The Morgan fingerprint density at radius 1 is 1.20 bits per heavy atom. The lowest BCUT2D eigenvalue weighted by atomic mass is 9.97. The van der Waals surface area contributed by atoms with Gasteiger partial charge in [-0.2, -0.15) is 9.78 Å². The normalized spacial score (nSPS) is 13.3. The van der Waals surface area contributed by atoms with Crippen molar-refractivity contribution in [3.8, 4) is 23.2 Å². The summed E-state index contributed by atoms with van der Waals surface area (Å²) in [5, 5.41) is 8.00. The fourth-order valence-electron chi connectivity index (χ4n) is 3.98. The Labute approximate surface area is 206 Å². The molecule has 1 aliphatic rings. The molecule has 0 spiro atoms. The second kappa shape index (κ2) is 9.07. The lowest BCUT2D eigenvalue weighted by Gasteiger charge is -2.25. The first-order chi connectivity index (χ1) is 16.8. The number of fused-ring (bicyclic) bond motifs is 1. The van der Waals surface area contributed by atoms with E-state index < -0.39 is 11.5 Å². The Balaban J connectivity index is 1.50. The summed E-state index contributed by atoms with van der Waals surface area (Å²) < 4.78 is 12.8. The maximum Gasteiger partial charge on any atom is 0.269 e. The van der Waals surface area contributed by atoms with Crippen molar-refractivity contribution in [2.45, 2.75) is 45.1 Å². The van der Waals surface area contributed by atoms with Crippen molar-refractivity contribution in [3.05, 3.63) is 75.4 Å². The number of amides is 1. The molecule has 0 saturated carbocycles. The summed E-state index contributed by atoms with van der Waals surface area (Å²) in [5.41, 5.74) is 0.519. The van der Waals surface area contributed by atoms with Crippen molar-refractivity contribution in [2.75, 3.05) is 5.32 Å². The third kappa shape index (κ3) is 4.72. The molecule has 3 heterocycles. The topological polar surface area (TPSA) is 115 Å². The van der Waals surface area contributed by atoms with Crippen molar-refractivity contribution in [1.29, 1.82) is 0 Å². The van der Waals surface area contributed by atoms with Crippen LogP contribution in [0.3, 0.4) is 0 Å². The van der Waals surface area contributed by atoms with Crippen molar-refractivity contribution < 1.29 is 13.9 Å². The van der Waals surface area contributed by atoms with Crippen LogP contribution in [0, 0.1) is 0 Å². The van der Waals surface area contributed by atoms with Crippen LogP contribution >= 0.6 is 11.6 Å². The monoisotopic (exact) mass is 493 g/mol. The minimum atomic E-state index is -1.23. The van der Waals surface area contributed by atoms with Crippen LogP contribution in [0.1, 0.15) is 37.9 Å². The van der Waals surface area contributed by atoms with E-state index >= 15 is 0 Å². The summed E-state index contributed by atoms with van der Waals surface area (Å²) in [7, 11) is 0. The van der Waals surface area contributed by atoms with Gasteiger partial charge in [-0.15, -0.1) is 0 Å². The molecule has 0 atom stereocenters. The number of aromatic nitrogens is 4. The average Bonchev–Trinajstić information content (AvgIpc) is 3.51. The van der Waals surface area contributed by atoms with Crippen LogP contribution in [0.25, 0.3) is 17.4 Å². The Kier molecular flexibility index (Phi) is 5.94. The predicted octanol–water partition coefficient (Wildman–Crippen LogP) is 4.54. The van der Waals surface area contributed by atoms with E-state index in [4.69, 9.17) is 20.8 Å². The molecule has 180 valence electrons. The zero-order valence-corrected chi connectivity index (χ0v) is 20.1. The van der Waals surface area contributed by atoms with Crippen LogP contribution in [0.2, 0.25) is 5.02 Å². The highest BCUT2D eigenvalue weighted by atomic mass is 35.5. The molecule has 1 aromatic carbocycles. The highest BCUT2D eigenvalue weighted by Gasteiger charge is 2.32. The molecule has 0 aliphatic heterocycles. The quantitative estimate of drug-likeness (QED) is 0.407. The van der Waals surface area contributed by atoms with Gasteiger partial charge in [0, 0.05) is 16.7 Å². The van der Waals surface area contributed by atoms with Gasteiger partial charge in [-0.3, -0.25) is 14.6 Å². The number of aryl methyl sites for hydroxylation is 1. The number of hydrogen-bond donors (Lipinski definition) is 2. The van der Waals surface area contributed by atoms with Crippen LogP contribution < -0.4 is 15.6 Å². The average molecular weight is 494 g/mol. The first-order valence-corrected chi connectivity index (χ1v) is 11.7. The molecule has 1 aliphatic carbocycles. The lowest BCUT2D eigenvalue weighted by Crippen LogP contribution is -2.43. The van der Waals surface area contributed by atoms with Crippen molar-refractivity contribution in [2.24, 2.45) is 0 Å². The van der Waals surface area contributed by atoms with Gasteiger partial charge in [0.25, 0.3) is 11.5 Å². The van der Waals surface area contributed by atoms with E-state index in [1.165, 1.54) is 10.9 Å². The number of ether oxygens (including phenoxy) is 1. The summed E-state index contributed by atoms with van der Waals surface area (Å²) >= 11 is 5.95. The van der Waals surface area contributed by atoms with Gasteiger partial charge in [-0.05, 0) is 75.9 Å². The molecule has 10 heteroatoms. The van der Waals surface area contributed by atoms with E-state index in [-0.39, 0.29) is 11.5 Å². The van der Waals surface area contributed by atoms with Crippen molar-refractivity contribution in [3.63, 3.8) is 0 Å². The van der Waals surface area contributed by atoms with Gasteiger partial charge in [-0.25, -0.2) is 4.98 Å². The number of aromatic amines is 1. The number of halogens is 1. The largest absolute Gasteiger partial charge is 0.478 e. The second-order valence-electron chi connectivity index (χ2n) is 8.85. The molecule has 2 N–H and O–H groups in total. The second-order valence-corrected chi connectivity index (χ2v) is 9.28. The Morgan fingerprint density at radius 2 is 1.97 bits per heavy atom. The van der Waals surface area contributed by atoms with Crippen LogP contribution in [0.4, 0.5) is 5.82 Å². The van der Waals surface area contributed by atoms with Gasteiger partial charge in [0.1, 0.15) is 17.3 Å². The lowest BCUT2D eigenvalue weighted by molar-refractivity contribution is -0.128. The predicted molar refractivity (Wildman–Crippen MR) is 131 cm³/mol. The van der Waals surface area contributed by atoms with Crippen molar-refractivity contribution >= 4 is 23.3 Å². The maximum atomic E-state index is 13.3. The van der Waals surface area contributed by atoms with Crippen LogP contribution in [0.15, 0.2) is 57.9 Å². The van der Waals surface area contributed by atoms with E-state index in [1.807, 2.05) is 0 Å². The number of benzene rings is 1. The number of rotatable bonds is 6. The molecule has 9 nitrogen and oxygen atoms in total. The first-order valence-electron chi connectivity index (χ1n) is 11.3. The highest BCUT2D eigenvalue weighted by Crippen LogP contribution is 2.27. The highest BCUT2D eigenvalue weighted by molar-refractivity contribution is 6.30. The summed E-state index contributed by atoms with van der Waals surface area (Å²) in [4.78, 5) is 33.5. The Bertz CT molecular complexity index is 1420. The molecule has 0 bridgehead atoms. The number of H-pyrrole nitrogens is 1. The van der Waals surface area contributed by atoms with Gasteiger partial charge in [0.2, 0.25) is 5.95 Å². The van der Waals surface area contributed by atoms with E-state index in [9.17, 15) is 9.59 Å². The first kappa shape index (κ1) is 22.9. The van der Waals surface area contributed by atoms with Crippen LogP contribution in [-0.2, 0) is 17.6 Å². The molecule has 35 heavy (non-hydrogen) atoms. The number of anilines is 1. The molecule has 3 aromatic heterocycles. The SMILES string of the molecule is CC(C)(Oc1ccc(Cl)cc1)C(=O)Nc1cc(-c2ccco2)nn1-c1nc2c(c(=O)[nH]1)CCCC2. The number of carbonyl (C=O) groups is 1. The van der Waals surface area contributed by atoms with E-state index in [0.29, 0.717) is 40.0 Å². The molecular weight excluding hydrogens is 470 g/mol. The Morgan fingerprint density at radius 3 is 2.71 bits per heavy atom. The third-order valence-electron chi connectivity index (χ3n) is 5.84. The van der Waals surface area contributed by atoms with Gasteiger partial charge < -0.3 is 14.5 Å². The van der Waals surface area contributed by atoms with E-state index in [0.717, 1.165) is 25.0 Å². The summed E-state index contributed by atoms with van der Waals surface area (Å²) in [6.07, 6.45) is 4.90. The number of hydrogen-bond acceptors (Lipinski definition) is 6. The molecule has 0 saturated heterocycles. The zero-order valence-electron chi connectivity index (χ0n) is 19.3. The van der Waals surface area contributed by atoms with Gasteiger partial charge >= 0.3 is 0 Å².